The molecule has 16 heavy (non-hydrogen) atoms. The second-order valence-corrected chi connectivity index (χ2v) is 8.05. The van der Waals surface area contributed by atoms with Crippen molar-refractivity contribution in [3.8, 4) is 0 Å². The van der Waals surface area contributed by atoms with Gasteiger partial charge in [-0.3, -0.25) is 4.70 Å². The molecule has 0 nitrogen and oxygen atoms in total. The Morgan fingerprint density at radius 3 is 1.38 bits per heavy atom. The molecular weight excluding hydrogens is 215 g/mol. The molecule has 0 rings (SSSR count). The first-order valence-corrected chi connectivity index (χ1v) is 9.77. The first kappa shape index (κ1) is 18.5. The maximum atomic E-state index is 2.43. The fourth-order valence-electron chi connectivity index (χ4n) is 1.97. The first-order valence-electron chi connectivity index (χ1n) is 7.06. The van der Waals surface area contributed by atoms with E-state index < -0.39 is 0 Å². The van der Waals surface area contributed by atoms with Crippen LogP contribution in [0.15, 0.2) is 0 Å². The minimum absolute atomic E-state index is 0. The van der Waals surface area contributed by atoms with Crippen molar-refractivity contribution in [2.24, 2.45) is 0 Å². The van der Waals surface area contributed by atoms with Crippen LogP contribution in [0.5, 0.6) is 0 Å². The Balaban J connectivity index is 0. The smallest absolute Gasteiger partial charge is 0.0412 e. The summed E-state index contributed by atoms with van der Waals surface area (Å²) >= 11 is 0. The molecule has 2 heteroatoms. The van der Waals surface area contributed by atoms with Gasteiger partial charge in [0.2, 0.25) is 0 Å². The highest BCUT2D eigenvalue weighted by molar-refractivity contribution is 6.55. The predicted molar refractivity (Wildman–Crippen MR) is 76.6 cm³/mol. The lowest BCUT2D eigenvalue weighted by Crippen LogP contribution is -1.97. The molecule has 0 aromatic heterocycles. The third-order valence-electron chi connectivity index (χ3n) is 3.03. The SMILES string of the molecule is CCCCCCCCCCCC[Si](C)C.F. The molecule has 0 aromatic rings. The van der Waals surface area contributed by atoms with E-state index in [-0.39, 0.29) is 13.5 Å². The summed E-state index contributed by atoms with van der Waals surface area (Å²) in [6, 6.07) is 1.53. The average Bonchev–Trinajstić information content (AvgIpc) is 2.20. The molecule has 0 spiro atoms. The molecule has 0 N–H and O–H groups in total. The lowest BCUT2D eigenvalue weighted by atomic mass is 10.1. The summed E-state index contributed by atoms with van der Waals surface area (Å²) in [6.45, 7) is 7.15. The maximum absolute atomic E-state index is 2.43. The van der Waals surface area contributed by atoms with E-state index in [2.05, 4.69) is 20.0 Å². The van der Waals surface area contributed by atoms with Crippen LogP contribution in [0.1, 0.15) is 71.1 Å². The van der Waals surface area contributed by atoms with Gasteiger partial charge in [0.05, 0.1) is 0 Å². The van der Waals surface area contributed by atoms with E-state index in [0.717, 1.165) is 0 Å². The number of unbranched alkanes of at least 4 members (excludes halogenated alkanes) is 9. The van der Waals surface area contributed by atoms with Crippen LogP contribution < -0.4 is 0 Å². The normalized spacial score (nSPS) is 10.5. The second kappa shape index (κ2) is 15.1. The van der Waals surface area contributed by atoms with Crippen LogP contribution in [-0.4, -0.2) is 8.80 Å². The average molecular weight is 247 g/mol. The van der Waals surface area contributed by atoms with Gasteiger partial charge in [-0.25, -0.2) is 0 Å². The topological polar surface area (TPSA) is 0 Å². The number of halogens is 1. The van der Waals surface area contributed by atoms with Crippen molar-refractivity contribution in [2.45, 2.75) is 90.3 Å². The Morgan fingerprint density at radius 2 is 1.00 bits per heavy atom. The fourth-order valence-corrected chi connectivity index (χ4v) is 2.92. The lowest BCUT2D eigenvalue weighted by molar-refractivity contribution is 0.562. The molecule has 0 heterocycles. The predicted octanol–water partition coefficient (Wildman–Crippen LogP) is 5.81. The molecule has 0 fully saturated rings. The molecule has 99 valence electrons. The van der Waals surface area contributed by atoms with Crippen LogP contribution in [0.4, 0.5) is 4.70 Å². The van der Waals surface area contributed by atoms with Gasteiger partial charge >= 0.3 is 0 Å². The van der Waals surface area contributed by atoms with Crippen molar-refractivity contribution in [2.75, 3.05) is 0 Å². The van der Waals surface area contributed by atoms with Crippen molar-refractivity contribution in [1.29, 1.82) is 0 Å². The molecule has 0 unspecified atom stereocenters. The van der Waals surface area contributed by atoms with Crippen molar-refractivity contribution in [3.05, 3.63) is 0 Å². The summed E-state index contributed by atoms with van der Waals surface area (Å²) in [6.07, 6.45) is 14.7. The largest absolute Gasteiger partial charge is 0.269 e. The number of hydrogen-bond donors (Lipinski definition) is 0. The zero-order valence-electron chi connectivity index (χ0n) is 11.7. The van der Waals surface area contributed by atoms with Gasteiger partial charge < -0.3 is 0 Å². The van der Waals surface area contributed by atoms with E-state index in [1.54, 1.807) is 0 Å². The van der Waals surface area contributed by atoms with Crippen molar-refractivity contribution in [1.82, 2.24) is 0 Å². The molecule has 1 radical (unpaired) electrons. The molecule has 0 aliphatic carbocycles. The number of rotatable bonds is 11. The summed E-state index contributed by atoms with van der Waals surface area (Å²) in [7, 11) is 0.0582. The molecule has 0 saturated heterocycles. The van der Waals surface area contributed by atoms with Gasteiger partial charge in [0, 0.05) is 8.80 Å². The van der Waals surface area contributed by atoms with Crippen LogP contribution in [0.25, 0.3) is 0 Å². The van der Waals surface area contributed by atoms with E-state index in [1.807, 2.05) is 0 Å². The van der Waals surface area contributed by atoms with Crippen LogP contribution in [0.3, 0.4) is 0 Å². The Kier molecular flexibility index (Phi) is 17.5. The molecule has 0 bridgehead atoms. The highest BCUT2D eigenvalue weighted by Gasteiger charge is 1.96. The van der Waals surface area contributed by atoms with E-state index >= 15 is 0 Å². The highest BCUT2D eigenvalue weighted by Crippen LogP contribution is 2.11. The summed E-state index contributed by atoms with van der Waals surface area (Å²) in [5.74, 6) is 0. The highest BCUT2D eigenvalue weighted by atomic mass is 28.3. The molecule has 0 aliphatic heterocycles. The Hall–Kier alpha value is 0.147. The quantitative estimate of drug-likeness (QED) is 0.319. The second-order valence-electron chi connectivity index (χ2n) is 5.14. The van der Waals surface area contributed by atoms with Gasteiger partial charge in [-0.05, 0) is 0 Å². The van der Waals surface area contributed by atoms with Crippen molar-refractivity contribution in [3.63, 3.8) is 0 Å². The van der Waals surface area contributed by atoms with E-state index in [1.165, 1.54) is 70.3 Å². The van der Waals surface area contributed by atoms with Crippen LogP contribution in [0, 0.1) is 0 Å². The standard InChI is InChI=1S/C14H31Si.FH/c1-4-5-6-7-8-9-10-11-12-13-14-15(2)3;/h4-14H2,1-3H3;1H. The molecule has 0 atom stereocenters. The van der Waals surface area contributed by atoms with Gasteiger partial charge in [0.1, 0.15) is 0 Å². The first-order chi connectivity index (χ1) is 7.27. The lowest BCUT2D eigenvalue weighted by Gasteiger charge is -2.03. The summed E-state index contributed by atoms with van der Waals surface area (Å²) in [5.41, 5.74) is 0. The van der Waals surface area contributed by atoms with E-state index in [9.17, 15) is 0 Å². The molecular formula is C14H32FSi. The Morgan fingerprint density at radius 1 is 0.625 bits per heavy atom. The van der Waals surface area contributed by atoms with Gasteiger partial charge in [0.25, 0.3) is 0 Å². The molecule has 0 amide bonds. The Bertz CT molecular complexity index is 115. The van der Waals surface area contributed by atoms with Crippen LogP contribution >= 0.6 is 0 Å². The van der Waals surface area contributed by atoms with Crippen LogP contribution in [0.2, 0.25) is 19.1 Å². The zero-order chi connectivity index (χ0) is 11.4. The van der Waals surface area contributed by atoms with Gasteiger partial charge in [0.15, 0.2) is 0 Å². The van der Waals surface area contributed by atoms with Gasteiger partial charge in [-0.15, -0.1) is 0 Å². The summed E-state index contributed by atoms with van der Waals surface area (Å²) in [4.78, 5) is 0. The van der Waals surface area contributed by atoms with Crippen molar-refractivity contribution < 1.29 is 4.70 Å². The molecule has 0 aliphatic rings. The zero-order valence-corrected chi connectivity index (χ0v) is 12.7. The third kappa shape index (κ3) is 16.6. The minimum Gasteiger partial charge on any atom is -0.269 e. The minimum atomic E-state index is 0. The summed E-state index contributed by atoms with van der Waals surface area (Å²) in [5, 5.41) is 0. The fraction of sp³-hybridized carbons (Fsp3) is 1.00. The van der Waals surface area contributed by atoms with E-state index in [0.29, 0.717) is 0 Å². The number of hydrogen-bond acceptors (Lipinski definition) is 0. The monoisotopic (exact) mass is 247 g/mol. The van der Waals surface area contributed by atoms with Gasteiger partial charge in [-0.1, -0.05) is 90.3 Å². The van der Waals surface area contributed by atoms with Gasteiger partial charge in [-0.2, -0.15) is 0 Å². The van der Waals surface area contributed by atoms with E-state index in [4.69, 9.17) is 0 Å². The van der Waals surface area contributed by atoms with Crippen molar-refractivity contribution >= 4 is 8.80 Å². The third-order valence-corrected chi connectivity index (χ3v) is 4.38. The Labute approximate surface area is 104 Å². The molecule has 0 aromatic carbocycles. The summed E-state index contributed by atoms with van der Waals surface area (Å²) < 4.78 is 0. The molecule has 0 saturated carbocycles. The van der Waals surface area contributed by atoms with Crippen LogP contribution in [-0.2, 0) is 0 Å². The maximum Gasteiger partial charge on any atom is 0.0412 e.